The van der Waals surface area contributed by atoms with Crippen LogP contribution in [0.3, 0.4) is 0 Å². The summed E-state index contributed by atoms with van der Waals surface area (Å²) in [7, 11) is 0. The van der Waals surface area contributed by atoms with Crippen molar-refractivity contribution in [1.29, 1.82) is 0 Å². The summed E-state index contributed by atoms with van der Waals surface area (Å²) in [6.07, 6.45) is 2.35. The number of carbonyl (C=O) groups excluding carboxylic acids is 1. The van der Waals surface area contributed by atoms with Crippen molar-refractivity contribution in [3.8, 4) is 11.6 Å². The van der Waals surface area contributed by atoms with E-state index in [1.165, 1.54) is 6.33 Å². The Kier molecular flexibility index (Phi) is 6.99. The standard InChI is InChI=1S/C25H28ClN5O2/c1-4-19-7-5-6-8-21(19)29-25(32)31-12-11-30(15-18(31)3)23-14-24(28-16-27-23)33-22-13-17(2)9-10-20(22)26/h5-10,13-14,16,18H,4,11-12,15H2,1-3H3,(H,29,32)/t18-/m0/s1. The third kappa shape index (κ3) is 5.37. The fourth-order valence-electron chi connectivity index (χ4n) is 3.97. The topological polar surface area (TPSA) is 70.6 Å². The van der Waals surface area contributed by atoms with Gasteiger partial charge in [0, 0.05) is 37.4 Å². The summed E-state index contributed by atoms with van der Waals surface area (Å²) in [5, 5.41) is 3.60. The number of nitrogens with zero attached hydrogens (tertiary/aromatic N) is 4. The van der Waals surface area contributed by atoms with Crippen molar-refractivity contribution in [2.75, 3.05) is 29.9 Å². The van der Waals surface area contributed by atoms with E-state index in [-0.39, 0.29) is 12.1 Å². The SMILES string of the molecule is CCc1ccccc1NC(=O)N1CCN(c2cc(Oc3cc(C)ccc3Cl)ncn2)C[C@@H]1C. The Hall–Kier alpha value is -3.32. The van der Waals surface area contributed by atoms with Gasteiger partial charge in [0.05, 0.1) is 5.02 Å². The second-order valence-corrected chi connectivity index (χ2v) is 8.59. The number of para-hydroxylation sites is 1. The average Bonchev–Trinajstić information content (AvgIpc) is 2.82. The minimum Gasteiger partial charge on any atom is -0.437 e. The number of urea groups is 1. The first-order valence-corrected chi connectivity index (χ1v) is 11.5. The highest BCUT2D eigenvalue weighted by molar-refractivity contribution is 6.32. The number of rotatable bonds is 5. The first-order valence-electron chi connectivity index (χ1n) is 11.1. The molecule has 4 rings (SSSR count). The van der Waals surface area contributed by atoms with Crippen LogP contribution in [0.2, 0.25) is 5.02 Å². The zero-order valence-electron chi connectivity index (χ0n) is 19.1. The first kappa shape index (κ1) is 22.9. The van der Waals surface area contributed by atoms with E-state index in [1.54, 1.807) is 12.1 Å². The van der Waals surface area contributed by atoms with Crippen LogP contribution >= 0.6 is 11.6 Å². The Balaban J connectivity index is 1.42. The highest BCUT2D eigenvalue weighted by Crippen LogP contribution is 2.30. The number of nitrogens with one attached hydrogen (secondary N) is 1. The summed E-state index contributed by atoms with van der Waals surface area (Å²) in [5.41, 5.74) is 3.04. The number of halogens is 1. The Morgan fingerprint density at radius 1 is 1.18 bits per heavy atom. The lowest BCUT2D eigenvalue weighted by Gasteiger charge is -2.40. The minimum absolute atomic E-state index is 0.0121. The summed E-state index contributed by atoms with van der Waals surface area (Å²) in [4.78, 5) is 25.6. The Bertz CT molecular complexity index is 1140. The van der Waals surface area contributed by atoms with Gasteiger partial charge in [0.25, 0.3) is 0 Å². The molecule has 0 unspecified atom stereocenters. The molecule has 1 fully saturated rings. The molecule has 2 amide bonds. The van der Waals surface area contributed by atoms with Gasteiger partial charge in [0.15, 0.2) is 0 Å². The van der Waals surface area contributed by atoms with Gasteiger partial charge < -0.3 is 19.9 Å². The molecule has 1 N–H and O–H groups in total. The summed E-state index contributed by atoms with van der Waals surface area (Å²) in [5.74, 6) is 1.74. The molecule has 1 aliphatic heterocycles. The maximum absolute atomic E-state index is 12.9. The lowest BCUT2D eigenvalue weighted by atomic mass is 10.1. The van der Waals surface area contributed by atoms with Crippen molar-refractivity contribution in [2.24, 2.45) is 0 Å². The van der Waals surface area contributed by atoms with E-state index >= 15 is 0 Å². The first-order chi connectivity index (χ1) is 15.9. The van der Waals surface area contributed by atoms with Crippen LogP contribution in [0, 0.1) is 6.92 Å². The van der Waals surface area contributed by atoms with Crippen LogP contribution in [0.25, 0.3) is 0 Å². The normalized spacial score (nSPS) is 15.9. The number of aryl methyl sites for hydroxylation is 2. The van der Waals surface area contributed by atoms with E-state index < -0.39 is 0 Å². The lowest BCUT2D eigenvalue weighted by molar-refractivity contribution is 0.184. The molecule has 0 bridgehead atoms. The van der Waals surface area contributed by atoms with Crippen molar-refractivity contribution in [3.63, 3.8) is 0 Å². The van der Waals surface area contributed by atoms with Crippen LogP contribution in [0.15, 0.2) is 54.9 Å². The van der Waals surface area contributed by atoms with Crippen molar-refractivity contribution < 1.29 is 9.53 Å². The zero-order valence-corrected chi connectivity index (χ0v) is 19.8. The minimum atomic E-state index is -0.0798. The average molecular weight is 466 g/mol. The van der Waals surface area contributed by atoms with Gasteiger partial charge in [-0.2, -0.15) is 0 Å². The highest BCUT2D eigenvalue weighted by Gasteiger charge is 2.28. The molecule has 2 heterocycles. The van der Waals surface area contributed by atoms with Crippen molar-refractivity contribution in [1.82, 2.24) is 14.9 Å². The number of ether oxygens (including phenoxy) is 1. The van der Waals surface area contributed by atoms with Crippen LogP contribution in [0.1, 0.15) is 25.0 Å². The van der Waals surface area contributed by atoms with Crippen LogP contribution in [-0.4, -0.2) is 46.6 Å². The molecular formula is C25H28ClN5O2. The molecule has 1 atom stereocenters. The Labute approximate surface area is 199 Å². The molecule has 0 spiro atoms. The molecule has 0 saturated carbocycles. The van der Waals surface area contributed by atoms with Gasteiger partial charge in [-0.15, -0.1) is 0 Å². The van der Waals surface area contributed by atoms with Gasteiger partial charge >= 0.3 is 6.03 Å². The summed E-state index contributed by atoms with van der Waals surface area (Å²) in [6, 6.07) is 15.3. The van der Waals surface area contributed by atoms with Gasteiger partial charge in [-0.25, -0.2) is 14.8 Å². The molecule has 0 aliphatic carbocycles. The second kappa shape index (κ2) is 10.1. The Morgan fingerprint density at radius 2 is 2.00 bits per heavy atom. The lowest BCUT2D eigenvalue weighted by Crippen LogP contribution is -2.55. The Morgan fingerprint density at radius 3 is 2.79 bits per heavy atom. The fourth-order valence-corrected chi connectivity index (χ4v) is 4.12. The zero-order chi connectivity index (χ0) is 23.4. The van der Waals surface area contributed by atoms with E-state index in [1.807, 2.05) is 55.1 Å². The van der Waals surface area contributed by atoms with E-state index in [9.17, 15) is 4.79 Å². The van der Waals surface area contributed by atoms with Crippen LogP contribution in [-0.2, 0) is 6.42 Å². The van der Waals surface area contributed by atoms with E-state index in [0.717, 1.165) is 29.1 Å². The molecule has 7 nitrogen and oxygen atoms in total. The number of aromatic nitrogens is 2. The molecule has 172 valence electrons. The molecule has 1 saturated heterocycles. The number of carbonyl (C=O) groups is 1. The third-order valence-corrected chi connectivity index (χ3v) is 6.09. The monoisotopic (exact) mass is 465 g/mol. The predicted molar refractivity (Wildman–Crippen MR) is 132 cm³/mol. The van der Waals surface area contributed by atoms with Gasteiger partial charge in [0.2, 0.25) is 5.88 Å². The summed E-state index contributed by atoms with van der Waals surface area (Å²) < 4.78 is 5.91. The number of anilines is 2. The van der Waals surface area contributed by atoms with Gasteiger partial charge in [0.1, 0.15) is 17.9 Å². The largest absolute Gasteiger partial charge is 0.437 e. The van der Waals surface area contributed by atoms with E-state index in [0.29, 0.717) is 36.3 Å². The molecule has 2 aromatic carbocycles. The fraction of sp³-hybridized carbons (Fsp3) is 0.320. The predicted octanol–water partition coefficient (Wildman–Crippen LogP) is 5.54. The number of amides is 2. The smallest absolute Gasteiger partial charge is 0.322 e. The highest BCUT2D eigenvalue weighted by atomic mass is 35.5. The molecule has 1 aliphatic rings. The molecule has 33 heavy (non-hydrogen) atoms. The third-order valence-electron chi connectivity index (χ3n) is 5.78. The van der Waals surface area contributed by atoms with Crippen LogP contribution < -0.4 is 15.0 Å². The molecule has 0 radical (unpaired) electrons. The van der Waals surface area contributed by atoms with Gasteiger partial charge in [-0.05, 0) is 49.6 Å². The maximum atomic E-state index is 12.9. The van der Waals surface area contributed by atoms with Crippen LogP contribution in [0.4, 0.5) is 16.3 Å². The second-order valence-electron chi connectivity index (χ2n) is 8.18. The number of benzene rings is 2. The number of piperazine rings is 1. The molecule has 8 heteroatoms. The van der Waals surface area contributed by atoms with Crippen molar-refractivity contribution >= 4 is 29.1 Å². The molecular weight excluding hydrogens is 438 g/mol. The van der Waals surface area contributed by atoms with E-state index in [2.05, 4.69) is 27.1 Å². The molecule has 1 aromatic heterocycles. The van der Waals surface area contributed by atoms with Crippen LogP contribution in [0.5, 0.6) is 11.6 Å². The molecule has 3 aromatic rings. The van der Waals surface area contributed by atoms with Gasteiger partial charge in [-0.3, -0.25) is 0 Å². The maximum Gasteiger partial charge on any atom is 0.322 e. The quantitative estimate of drug-likeness (QED) is 0.536. The number of hydrogen-bond donors (Lipinski definition) is 1. The van der Waals surface area contributed by atoms with E-state index in [4.69, 9.17) is 16.3 Å². The number of hydrogen-bond acceptors (Lipinski definition) is 5. The van der Waals surface area contributed by atoms with Crippen molar-refractivity contribution in [2.45, 2.75) is 33.2 Å². The van der Waals surface area contributed by atoms with Gasteiger partial charge in [-0.1, -0.05) is 42.8 Å². The summed E-state index contributed by atoms with van der Waals surface area (Å²) >= 11 is 6.25. The summed E-state index contributed by atoms with van der Waals surface area (Å²) in [6.45, 7) is 8.01. The van der Waals surface area contributed by atoms with Crippen molar-refractivity contribution in [3.05, 3.63) is 71.0 Å².